The van der Waals surface area contributed by atoms with Crippen LogP contribution in [0.15, 0.2) is 18.2 Å². The summed E-state index contributed by atoms with van der Waals surface area (Å²) in [4.78, 5) is 24.3. The first-order valence-electron chi connectivity index (χ1n) is 6.61. The fourth-order valence-electron chi connectivity index (χ4n) is 3.41. The van der Waals surface area contributed by atoms with Crippen LogP contribution in [0.25, 0.3) is 0 Å². The van der Waals surface area contributed by atoms with Gasteiger partial charge < -0.3 is 4.90 Å². The van der Waals surface area contributed by atoms with Gasteiger partial charge in [0.1, 0.15) is 5.78 Å². The van der Waals surface area contributed by atoms with Crippen LogP contribution in [-0.4, -0.2) is 22.8 Å². The Bertz CT molecular complexity index is 540. The Morgan fingerprint density at radius 3 is 2.42 bits per heavy atom. The van der Waals surface area contributed by atoms with E-state index in [0.717, 1.165) is 24.1 Å². The quantitative estimate of drug-likeness (QED) is 0.605. The third-order valence-corrected chi connectivity index (χ3v) is 4.22. The number of hydrogen-bond donors (Lipinski definition) is 0. The van der Waals surface area contributed by atoms with Crippen LogP contribution < -0.4 is 4.90 Å². The van der Waals surface area contributed by atoms with E-state index in [9.17, 15) is 14.9 Å². The van der Waals surface area contributed by atoms with Gasteiger partial charge in [-0.05, 0) is 31.4 Å². The third kappa shape index (κ3) is 1.99. The number of ketones is 1. The van der Waals surface area contributed by atoms with Crippen molar-refractivity contribution in [2.75, 3.05) is 4.90 Å². The number of hydrogen-bond acceptors (Lipinski definition) is 4. The highest BCUT2D eigenvalue weighted by molar-refractivity contribution is 5.83. The molecule has 0 spiro atoms. The van der Waals surface area contributed by atoms with Crippen molar-refractivity contribution >= 4 is 17.2 Å². The minimum Gasteiger partial charge on any atom is -0.364 e. The summed E-state index contributed by atoms with van der Waals surface area (Å²) >= 11 is 0. The number of anilines is 1. The molecule has 3 rings (SSSR count). The molecule has 2 bridgehead atoms. The van der Waals surface area contributed by atoms with E-state index in [1.165, 1.54) is 0 Å². The highest BCUT2D eigenvalue weighted by Crippen LogP contribution is 2.39. The molecular formula is C14H16N2O3. The number of nitrogens with zero attached hydrogens (tertiary/aromatic N) is 2. The van der Waals surface area contributed by atoms with E-state index in [1.807, 2.05) is 13.0 Å². The van der Waals surface area contributed by atoms with Crippen LogP contribution in [0.1, 0.15) is 31.2 Å². The lowest BCUT2D eigenvalue weighted by Crippen LogP contribution is -2.43. The Morgan fingerprint density at radius 2 is 1.89 bits per heavy atom. The second kappa shape index (κ2) is 4.33. The number of carbonyl (C=O) groups is 1. The normalized spacial score (nSPS) is 25.7. The minimum absolute atomic E-state index is 0.127. The number of aryl methyl sites for hydroxylation is 1. The molecule has 2 saturated heterocycles. The summed E-state index contributed by atoms with van der Waals surface area (Å²) in [5, 5.41) is 10.8. The molecule has 5 heteroatoms. The Morgan fingerprint density at radius 1 is 1.26 bits per heavy atom. The van der Waals surface area contributed by atoms with Crippen molar-refractivity contribution in [1.29, 1.82) is 0 Å². The Kier molecular flexibility index (Phi) is 2.77. The maximum atomic E-state index is 11.6. The van der Waals surface area contributed by atoms with Gasteiger partial charge in [-0.15, -0.1) is 0 Å². The molecule has 2 atom stereocenters. The summed E-state index contributed by atoms with van der Waals surface area (Å²) in [7, 11) is 0. The molecule has 19 heavy (non-hydrogen) atoms. The van der Waals surface area contributed by atoms with E-state index in [1.54, 1.807) is 12.1 Å². The van der Waals surface area contributed by atoms with Gasteiger partial charge in [0, 0.05) is 42.7 Å². The highest BCUT2D eigenvalue weighted by Gasteiger charge is 2.40. The summed E-state index contributed by atoms with van der Waals surface area (Å²) < 4.78 is 0. The van der Waals surface area contributed by atoms with Gasteiger partial charge in [-0.25, -0.2) is 0 Å². The first-order chi connectivity index (χ1) is 9.06. The number of benzene rings is 1. The lowest BCUT2D eigenvalue weighted by molar-refractivity contribution is -0.384. The summed E-state index contributed by atoms with van der Waals surface area (Å²) in [6, 6.07) is 5.57. The molecule has 0 aliphatic carbocycles. The number of carbonyl (C=O) groups excluding carboxylic acids is 1. The fraction of sp³-hybridized carbons (Fsp3) is 0.500. The smallest absolute Gasteiger partial charge is 0.269 e. The van der Waals surface area contributed by atoms with Crippen LogP contribution >= 0.6 is 0 Å². The number of nitro groups is 1. The first kappa shape index (κ1) is 12.1. The predicted molar refractivity (Wildman–Crippen MR) is 71.4 cm³/mol. The van der Waals surface area contributed by atoms with Gasteiger partial charge in [0.15, 0.2) is 0 Å². The molecule has 1 aromatic carbocycles. The van der Waals surface area contributed by atoms with Crippen molar-refractivity contribution in [3.63, 3.8) is 0 Å². The Balaban J connectivity index is 1.95. The van der Waals surface area contributed by atoms with E-state index in [4.69, 9.17) is 0 Å². The molecule has 0 radical (unpaired) electrons. The third-order valence-electron chi connectivity index (χ3n) is 4.22. The summed E-state index contributed by atoms with van der Waals surface area (Å²) in [5.74, 6) is 0.350. The highest BCUT2D eigenvalue weighted by atomic mass is 16.6. The zero-order chi connectivity index (χ0) is 13.6. The SMILES string of the molecule is Cc1cc([N+](=O)[O-])ccc1N1C2CCC1CC(=O)C2. The second-order valence-corrected chi connectivity index (χ2v) is 5.47. The molecule has 0 amide bonds. The lowest BCUT2D eigenvalue weighted by Gasteiger charge is -2.37. The number of rotatable bonds is 2. The van der Waals surface area contributed by atoms with Gasteiger partial charge in [0.25, 0.3) is 5.69 Å². The molecule has 100 valence electrons. The van der Waals surface area contributed by atoms with Gasteiger partial charge in [-0.3, -0.25) is 14.9 Å². The van der Waals surface area contributed by atoms with Crippen molar-refractivity contribution in [3.8, 4) is 0 Å². The fourth-order valence-corrected chi connectivity index (χ4v) is 3.41. The molecule has 2 heterocycles. The topological polar surface area (TPSA) is 63.5 Å². The van der Waals surface area contributed by atoms with Crippen molar-refractivity contribution in [1.82, 2.24) is 0 Å². The zero-order valence-electron chi connectivity index (χ0n) is 10.8. The van der Waals surface area contributed by atoms with Crippen molar-refractivity contribution in [2.45, 2.75) is 44.7 Å². The lowest BCUT2D eigenvalue weighted by atomic mass is 9.99. The van der Waals surface area contributed by atoms with E-state index in [0.29, 0.717) is 18.6 Å². The average molecular weight is 260 g/mol. The largest absolute Gasteiger partial charge is 0.364 e. The van der Waals surface area contributed by atoms with Crippen LogP contribution in [0.4, 0.5) is 11.4 Å². The number of non-ortho nitro benzene ring substituents is 1. The maximum Gasteiger partial charge on any atom is 0.269 e. The molecule has 0 saturated carbocycles. The second-order valence-electron chi connectivity index (χ2n) is 5.47. The predicted octanol–water partition coefficient (Wildman–Crippen LogP) is 2.60. The molecule has 2 fully saturated rings. The van der Waals surface area contributed by atoms with Gasteiger partial charge in [0.2, 0.25) is 0 Å². The van der Waals surface area contributed by atoms with E-state index >= 15 is 0 Å². The van der Waals surface area contributed by atoms with Crippen LogP contribution in [-0.2, 0) is 4.79 Å². The molecule has 1 aromatic rings. The summed E-state index contributed by atoms with van der Waals surface area (Å²) in [6.45, 7) is 1.90. The molecule has 0 aromatic heterocycles. The molecule has 5 nitrogen and oxygen atoms in total. The summed E-state index contributed by atoms with van der Waals surface area (Å²) in [5.41, 5.74) is 2.09. The minimum atomic E-state index is -0.370. The van der Waals surface area contributed by atoms with E-state index in [2.05, 4.69) is 4.90 Å². The van der Waals surface area contributed by atoms with Crippen LogP contribution in [0.2, 0.25) is 0 Å². The average Bonchev–Trinajstić information content (AvgIpc) is 2.62. The van der Waals surface area contributed by atoms with Crippen LogP contribution in [0.5, 0.6) is 0 Å². The van der Waals surface area contributed by atoms with Crippen molar-refractivity contribution in [3.05, 3.63) is 33.9 Å². The Hall–Kier alpha value is -1.91. The van der Waals surface area contributed by atoms with Gasteiger partial charge in [-0.2, -0.15) is 0 Å². The molecular weight excluding hydrogens is 244 g/mol. The number of fused-ring (bicyclic) bond motifs is 2. The zero-order valence-corrected chi connectivity index (χ0v) is 10.8. The first-order valence-corrected chi connectivity index (χ1v) is 6.61. The number of Topliss-reactive ketones (excluding diaryl/α,β-unsaturated/α-hetero) is 1. The number of piperidine rings is 1. The van der Waals surface area contributed by atoms with Crippen LogP contribution in [0, 0.1) is 17.0 Å². The Labute approximate surface area is 111 Å². The molecule has 2 aliphatic heterocycles. The standard InChI is InChI=1S/C14H16N2O3/c1-9-6-12(16(18)19)4-5-14(9)15-10-2-3-11(15)8-13(17)7-10/h4-6,10-11H,2-3,7-8H2,1H3. The van der Waals surface area contributed by atoms with Crippen molar-refractivity contribution < 1.29 is 9.72 Å². The molecule has 0 N–H and O–H groups in total. The van der Waals surface area contributed by atoms with Crippen LogP contribution in [0.3, 0.4) is 0 Å². The van der Waals surface area contributed by atoms with Crippen molar-refractivity contribution in [2.24, 2.45) is 0 Å². The molecule has 2 unspecified atom stereocenters. The van der Waals surface area contributed by atoms with Gasteiger partial charge in [-0.1, -0.05) is 0 Å². The summed E-state index contributed by atoms with van der Waals surface area (Å²) in [6.07, 6.45) is 3.33. The maximum absolute atomic E-state index is 11.6. The van der Waals surface area contributed by atoms with E-state index < -0.39 is 0 Å². The van der Waals surface area contributed by atoms with E-state index in [-0.39, 0.29) is 22.7 Å². The monoisotopic (exact) mass is 260 g/mol. The number of nitro benzene ring substituents is 1. The van der Waals surface area contributed by atoms with Gasteiger partial charge >= 0.3 is 0 Å². The molecule has 2 aliphatic rings. The van der Waals surface area contributed by atoms with Gasteiger partial charge in [0.05, 0.1) is 4.92 Å².